The third-order valence-electron chi connectivity index (χ3n) is 8.08. The van der Waals surface area contributed by atoms with E-state index in [0.29, 0.717) is 45.8 Å². The van der Waals surface area contributed by atoms with Gasteiger partial charge in [0.2, 0.25) is 0 Å². The van der Waals surface area contributed by atoms with E-state index in [9.17, 15) is 4.79 Å². The van der Waals surface area contributed by atoms with Crippen molar-refractivity contribution in [3.8, 4) is 5.69 Å². The summed E-state index contributed by atoms with van der Waals surface area (Å²) in [5.74, 6) is -2.19. The lowest BCUT2D eigenvalue weighted by Crippen LogP contribution is -2.56. The molecular weight excluding hydrogens is 584 g/mol. The standard InChI is InChI=1S/C27H36ClF2N11O2/c1-4-40-16(2)12-39(13-17(40)3)20-11-18(29)24(21(30)23(20)34-26-22(31)25(28)32-15-33-26)41-14-19(35-36-41)27(43)38-7-5-37(6-8-38)9-10-42/h11,14-17,42H,4-10,12-13,31H2,1-3H3,(H,32,33,34)/t16-,17+. The Bertz CT molecular complexity index is 1450. The predicted octanol–water partition coefficient (Wildman–Crippen LogP) is 1.98. The molecule has 0 bridgehead atoms. The number of likely N-dealkylation sites (N-methyl/N-ethyl adjacent to an activating group) is 1. The highest BCUT2D eigenvalue weighted by Gasteiger charge is 2.33. The summed E-state index contributed by atoms with van der Waals surface area (Å²) in [6.45, 7) is 10.8. The molecule has 5 rings (SSSR count). The lowest BCUT2D eigenvalue weighted by Gasteiger charge is -2.45. The molecule has 4 heterocycles. The second-order valence-corrected chi connectivity index (χ2v) is 11.2. The fourth-order valence-corrected chi connectivity index (χ4v) is 6.03. The molecule has 2 saturated heterocycles. The number of nitrogen functional groups attached to an aromatic ring is 1. The minimum Gasteiger partial charge on any atom is -0.395 e. The number of β-amino-alcohol motifs (C(OH)–C–C–N with tert-alkyl or cyclic N) is 1. The van der Waals surface area contributed by atoms with Gasteiger partial charge in [-0.25, -0.2) is 23.4 Å². The maximum Gasteiger partial charge on any atom is 0.276 e. The minimum absolute atomic E-state index is 0.00524. The van der Waals surface area contributed by atoms with Gasteiger partial charge in [-0.3, -0.25) is 14.6 Å². The van der Waals surface area contributed by atoms with E-state index in [1.54, 1.807) is 4.90 Å². The van der Waals surface area contributed by atoms with Crippen LogP contribution in [0, 0.1) is 11.6 Å². The van der Waals surface area contributed by atoms with Crippen LogP contribution >= 0.6 is 11.6 Å². The maximum atomic E-state index is 16.5. The van der Waals surface area contributed by atoms with Crippen molar-refractivity contribution in [1.29, 1.82) is 0 Å². The second-order valence-electron chi connectivity index (χ2n) is 10.8. The van der Waals surface area contributed by atoms with E-state index in [1.807, 2.05) is 9.80 Å². The van der Waals surface area contributed by atoms with Gasteiger partial charge in [-0.2, -0.15) is 0 Å². The SMILES string of the molecule is CCN1[C@H](C)CN(c2cc(F)c(-n3cc(C(=O)N4CCN(CCO)CC4)nn3)c(F)c2Nc2ncnc(Cl)c2N)C[C@@H]1C. The Hall–Kier alpha value is -3.66. The van der Waals surface area contributed by atoms with Gasteiger partial charge >= 0.3 is 0 Å². The Morgan fingerprint density at radius 2 is 1.86 bits per heavy atom. The van der Waals surface area contributed by atoms with Crippen LogP contribution < -0.4 is 16.0 Å². The molecule has 2 aromatic heterocycles. The van der Waals surface area contributed by atoms with Gasteiger partial charge in [0.15, 0.2) is 28.3 Å². The topological polar surface area (TPSA) is 145 Å². The molecule has 0 saturated carbocycles. The third-order valence-corrected chi connectivity index (χ3v) is 8.38. The van der Waals surface area contributed by atoms with Crippen LogP contribution in [0.1, 0.15) is 31.3 Å². The van der Waals surface area contributed by atoms with Crippen LogP contribution in [0.5, 0.6) is 0 Å². The zero-order valence-corrected chi connectivity index (χ0v) is 25.1. The Labute approximate surface area is 253 Å². The quantitative estimate of drug-likeness (QED) is 0.318. The second kappa shape index (κ2) is 12.9. The van der Waals surface area contributed by atoms with Crippen molar-refractivity contribution in [2.24, 2.45) is 0 Å². The number of halogens is 3. The number of benzene rings is 1. The highest BCUT2D eigenvalue weighted by atomic mass is 35.5. The van der Waals surface area contributed by atoms with Crippen molar-refractivity contribution < 1.29 is 18.7 Å². The monoisotopic (exact) mass is 619 g/mol. The highest BCUT2D eigenvalue weighted by Crippen LogP contribution is 2.39. The van der Waals surface area contributed by atoms with Crippen LogP contribution in [0.25, 0.3) is 5.69 Å². The number of nitrogens with two attached hydrogens (primary N) is 1. The number of hydrogen-bond acceptors (Lipinski definition) is 11. The molecule has 43 heavy (non-hydrogen) atoms. The number of nitrogens with zero attached hydrogens (tertiary/aromatic N) is 9. The van der Waals surface area contributed by atoms with Crippen LogP contribution in [0.2, 0.25) is 5.15 Å². The molecule has 0 spiro atoms. The maximum absolute atomic E-state index is 16.5. The van der Waals surface area contributed by atoms with Crippen molar-refractivity contribution in [1.82, 2.24) is 39.7 Å². The van der Waals surface area contributed by atoms with Gasteiger partial charge in [0.25, 0.3) is 5.91 Å². The number of aromatic nitrogens is 5. The Balaban J connectivity index is 1.51. The fraction of sp³-hybridized carbons (Fsp3) is 0.519. The summed E-state index contributed by atoms with van der Waals surface area (Å²) >= 11 is 6.09. The molecular formula is C27H36ClF2N11O2. The van der Waals surface area contributed by atoms with Gasteiger partial charge in [-0.1, -0.05) is 23.7 Å². The summed E-state index contributed by atoms with van der Waals surface area (Å²) in [6, 6.07) is 1.49. The number of piperazine rings is 2. The number of nitrogens with one attached hydrogen (secondary N) is 1. The van der Waals surface area contributed by atoms with Crippen molar-refractivity contribution in [3.05, 3.63) is 41.1 Å². The molecule has 1 amide bonds. The molecule has 2 aliphatic rings. The summed E-state index contributed by atoms with van der Waals surface area (Å²) in [5.41, 5.74) is 5.72. The molecule has 2 fully saturated rings. The smallest absolute Gasteiger partial charge is 0.276 e. The van der Waals surface area contributed by atoms with E-state index in [0.717, 1.165) is 11.2 Å². The first-order valence-corrected chi connectivity index (χ1v) is 14.6. The van der Waals surface area contributed by atoms with Crippen molar-refractivity contribution in [2.75, 3.05) is 74.9 Å². The molecule has 2 atom stereocenters. The molecule has 3 aromatic rings. The molecule has 0 radical (unpaired) electrons. The van der Waals surface area contributed by atoms with E-state index in [1.165, 1.54) is 18.6 Å². The number of rotatable bonds is 8. The first kappa shape index (κ1) is 30.8. The molecule has 0 unspecified atom stereocenters. The van der Waals surface area contributed by atoms with Crippen LogP contribution in [-0.4, -0.2) is 122 Å². The predicted molar refractivity (Wildman–Crippen MR) is 159 cm³/mol. The summed E-state index contributed by atoms with van der Waals surface area (Å²) < 4.78 is 33.3. The molecule has 2 aliphatic heterocycles. The highest BCUT2D eigenvalue weighted by molar-refractivity contribution is 6.32. The van der Waals surface area contributed by atoms with E-state index in [4.69, 9.17) is 22.4 Å². The van der Waals surface area contributed by atoms with Crippen LogP contribution in [0.3, 0.4) is 0 Å². The Kier molecular flexibility index (Phi) is 9.25. The largest absolute Gasteiger partial charge is 0.395 e. The summed E-state index contributed by atoms with van der Waals surface area (Å²) in [7, 11) is 0. The van der Waals surface area contributed by atoms with E-state index < -0.39 is 23.2 Å². The van der Waals surface area contributed by atoms with E-state index in [2.05, 4.69) is 51.3 Å². The minimum atomic E-state index is -0.969. The van der Waals surface area contributed by atoms with Gasteiger partial charge in [0, 0.05) is 64.0 Å². The van der Waals surface area contributed by atoms with Crippen molar-refractivity contribution >= 4 is 40.4 Å². The van der Waals surface area contributed by atoms with E-state index >= 15 is 8.78 Å². The number of aliphatic hydroxyl groups excluding tert-OH is 1. The average Bonchev–Trinajstić information content (AvgIpc) is 3.46. The van der Waals surface area contributed by atoms with Crippen molar-refractivity contribution in [2.45, 2.75) is 32.9 Å². The zero-order valence-electron chi connectivity index (χ0n) is 24.3. The van der Waals surface area contributed by atoms with Gasteiger partial charge < -0.3 is 26.0 Å². The van der Waals surface area contributed by atoms with Gasteiger partial charge in [-0.05, 0) is 20.4 Å². The molecule has 4 N–H and O–H groups in total. The number of carbonyl (C=O) groups is 1. The average molecular weight is 620 g/mol. The molecule has 0 aliphatic carbocycles. The van der Waals surface area contributed by atoms with Gasteiger partial charge in [0.1, 0.15) is 23.4 Å². The molecule has 13 nitrogen and oxygen atoms in total. The number of hydrogen-bond donors (Lipinski definition) is 3. The van der Waals surface area contributed by atoms with Crippen LogP contribution in [0.15, 0.2) is 18.6 Å². The first-order valence-electron chi connectivity index (χ1n) is 14.2. The van der Waals surface area contributed by atoms with Crippen LogP contribution in [0.4, 0.5) is 31.7 Å². The lowest BCUT2D eigenvalue weighted by atomic mass is 10.1. The Morgan fingerprint density at radius 3 is 2.51 bits per heavy atom. The van der Waals surface area contributed by atoms with Gasteiger partial charge in [0.05, 0.1) is 18.5 Å². The lowest BCUT2D eigenvalue weighted by molar-refractivity contribution is 0.0609. The number of aliphatic hydroxyl groups is 1. The zero-order chi connectivity index (χ0) is 30.8. The molecule has 1 aromatic carbocycles. The summed E-state index contributed by atoms with van der Waals surface area (Å²) in [6.07, 6.45) is 2.40. The number of amides is 1. The van der Waals surface area contributed by atoms with Crippen molar-refractivity contribution in [3.63, 3.8) is 0 Å². The fourth-order valence-electron chi connectivity index (χ4n) is 5.89. The first-order chi connectivity index (χ1) is 20.6. The van der Waals surface area contributed by atoms with E-state index in [-0.39, 0.29) is 52.4 Å². The Morgan fingerprint density at radius 1 is 1.16 bits per heavy atom. The number of anilines is 4. The van der Waals surface area contributed by atoms with Gasteiger partial charge in [-0.15, -0.1) is 5.10 Å². The summed E-state index contributed by atoms with van der Waals surface area (Å²) in [4.78, 5) is 29.0. The van der Waals surface area contributed by atoms with Crippen LogP contribution in [-0.2, 0) is 0 Å². The summed E-state index contributed by atoms with van der Waals surface area (Å²) in [5, 5.41) is 19.9. The third kappa shape index (κ3) is 6.20. The normalized spacial score (nSPS) is 20.1. The number of carbonyl (C=O) groups excluding carboxylic acids is 1. The molecule has 232 valence electrons. The molecule has 16 heteroatoms.